The van der Waals surface area contributed by atoms with E-state index in [1.165, 1.54) is 36.5 Å². The average Bonchev–Trinajstić information content (AvgIpc) is 3.49. The first-order valence-corrected chi connectivity index (χ1v) is 11.7. The second-order valence-electron chi connectivity index (χ2n) is 7.89. The minimum atomic E-state index is -3.80. The first-order chi connectivity index (χ1) is 16.2. The third kappa shape index (κ3) is 4.24. The van der Waals surface area contributed by atoms with Crippen LogP contribution in [0.15, 0.2) is 59.6 Å². The maximum Gasteiger partial charge on any atom is 0.320 e. The molecule has 2 heterocycles. The molecule has 0 radical (unpaired) electrons. The molecule has 1 saturated carbocycles. The Bertz CT molecular complexity index is 1370. The molecule has 9 nitrogen and oxygen atoms in total. The molecule has 1 fully saturated rings. The smallest absolute Gasteiger partial charge is 0.320 e. The highest BCUT2D eigenvalue weighted by Crippen LogP contribution is 2.55. The maximum absolute atomic E-state index is 14.2. The van der Waals surface area contributed by atoms with Crippen LogP contribution in [0.3, 0.4) is 0 Å². The fraction of sp³-hybridized carbons (Fsp3) is 0.182. The average molecular weight is 488 g/mol. The van der Waals surface area contributed by atoms with E-state index in [1.807, 2.05) is 0 Å². The third-order valence-electron chi connectivity index (χ3n) is 5.68. The molecule has 1 aliphatic heterocycles. The first kappa shape index (κ1) is 22.0. The summed E-state index contributed by atoms with van der Waals surface area (Å²) in [5.74, 6) is -0.809. The standard InChI is InChI=1S/C22H18F2N4O5S/c23-15-6-7-16(24)21-19(15)18-14(10-32-21)20(18)28-22(29)27-17-8-3-12(9-26-17)33-11-1-4-13(5-2-11)34(25,30)31/h1-9,14,18,20H,10H2,(H2,25,30,31)(H2,26,27,28,29)/t14-,18-,20-/m1/s1. The molecule has 12 heteroatoms. The van der Waals surface area contributed by atoms with E-state index in [9.17, 15) is 22.0 Å². The van der Waals surface area contributed by atoms with Crippen molar-refractivity contribution in [2.45, 2.75) is 16.9 Å². The molecule has 5 rings (SSSR count). The van der Waals surface area contributed by atoms with Gasteiger partial charge in [0.05, 0.1) is 17.7 Å². The number of urea groups is 1. The Morgan fingerprint density at radius 3 is 2.44 bits per heavy atom. The van der Waals surface area contributed by atoms with E-state index in [4.69, 9.17) is 14.6 Å². The molecule has 4 N–H and O–H groups in total. The Hall–Kier alpha value is -3.77. The van der Waals surface area contributed by atoms with Crippen LogP contribution >= 0.6 is 0 Å². The van der Waals surface area contributed by atoms with Crippen LogP contribution in [-0.4, -0.2) is 32.1 Å². The highest BCUT2D eigenvalue weighted by Gasteiger charge is 2.57. The number of hydrogen-bond acceptors (Lipinski definition) is 6. The van der Waals surface area contributed by atoms with Crippen molar-refractivity contribution in [1.29, 1.82) is 0 Å². The van der Waals surface area contributed by atoms with Crippen LogP contribution in [0.5, 0.6) is 17.2 Å². The van der Waals surface area contributed by atoms with Crippen LogP contribution in [0.25, 0.3) is 0 Å². The number of nitrogens with one attached hydrogen (secondary N) is 2. The van der Waals surface area contributed by atoms with E-state index in [0.717, 1.165) is 12.1 Å². The zero-order valence-corrected chi connectivity index (χ0v) is 18.2. The highest BCUT2D eigenvalue weighted by molar-refractivity contribution is 7.89. The van der Waals surface area contributed by atoms with Gasteiger partial charge in [-0.1, -0.05) is 0 Å². The number of nitrogens with two attached hydrogens (primary N) is 1. The molecule has 3 aromatic rings. The highest BCUT2D eigenvalue weighted by atomic mass is 32.2. The number of benzene rings is 2. The van der Waals surface area contributed by atoms with Crippen molar-refractivity contribution in [3.05, 3.63) is 71.9 Å². The van der Waals surface area contributed by atoms with Crippen LogP contribution in [0.1, 0.15) is 11.5 Å². The summed E-state index contributed by atoms with van der Waals surface area (Å²) in [6.07, 6.45) is 1.38. The normalized spacial score (nSPS) is 20.4. The van der Waals surface area contributed by atoms with Gasteiger partial charge in [0.2, 0.25) is 10.0 Å². The van der Waals surface area contributed by atoms with Crippen molar-refractivity contribution in [2.75, 3.05) is 11.9 Å². The van der Waals surface area contributed by atoms with Crippen molar-refractivity contribution < 1.29 is 31.5 Å². The lowest BCUT2D eigenvalue weighted by Crippen LogP contribution is -2.32. The molecule has 0 unspecified atom stereocenters. The van der Waals surface area contributed by atoms with Crippen molar-refractivity contribution in [2.24, 2.45) is 11.1 Å². The van der Waals surface area contributed by atoms with Gasteiger partial charge < -0.3 is 14.8 Å². The number of hydrogen-bond donors (Lipinski definition) is 3. The number of sulfonamides is 1. The Labute approximate surface area is 192 Å². The van der Waals surface area contributed by atoms with E-state index in [2.05, 4.69) is 15.6 Å². The molecule has 0 saturated heterocycles. The number of pyridine rings is 1. The van der Waals surface area contributed by atoms with Crippen molar-refractivity contribution >= 4 is 21.9 Å². The number of aromatic nitrogens is 1. The number of carbonyl (C=O) groups excluding carboxylic acids is 1. The van der Waals surface area contributed by atoms with Crippen molar-refractivity contribution in [3.63, 3.8) is 0 Å². The van der Waals surface area contributed by atoms with Gasteiger partial charge in [-0.2, -0.15) is 0 Å². The van der Waals surface area contributed by atoms with Gasteiger partial charge in [-0.05, 0) is 48.5 Å². The van der Waals surface area contributed by atoms with Crippen LogP contribution < -0.4 is 25.2 Å². The number of amides is 2. The monoisotopic (exact) mass is 488 g/mol. The van der Waals surface area contributed by atoms with E-state index in [1.54, 1.807) is 6.07 Å². The molecule has 2 aliphatic rings. The van der Waals surface area contributed by atoms with Crippen molar-refractivity contribution in [1.82, 2.24) is 10.3 Å². The quantitative estimate of drug-likeness (QED) is 0.506. The predicted molar refractivity (Wildman–Crippen MR) is 116 cm³/mol. The summed E-state index contributed by atoms with van der Waals surface area (Å²) in [7, 11) is -3.80. The van der Waals surface area contributed by atoms with Gasteiger partial charge in [-0.3, -0.25) is 5.32 Å². The number of rotatable bonds is 5. The lowest BCUT2D eigenvalue weighted by atomic mass is 10.0. The van der Waals surface area contributed by atoms with E-state index < -0.39 is 27.7 Å². The minimum absolute atomic E-state index is 0.0398. The molecule has 1 aromatic heterocycles. The molecular weight excluding hydrogens is 470 g/mol. The van der Waals surface area contributed by atoms with Crippen LogP contribution in [0.4, 0.5) is 19.4 Å². The maximum atomic E-state index is 14.2. The second-order valence-corrected chi connectivity index (χ2v) is 9.46. The van der Waals surface area contributed by atoms with Crippen LogP contribution in [0.2, 0.25) is 0 Å². The molecule has 2 aromatic carbocycles. The third-order valence-corrected chi connectivity index (χ3v) is 6.61. The number of ether oxygens (including phenoxy) is 2. The molecule has 0 spiro atoms. The Balaban J connectivity index is 1.18. The number of fused-ring (bicyclic) bond motifs is 3. The summed E-state index contributed by atoms with van der Waals surface area (Å²) >= 11 is 0. The minimum Gasteiger partial charge on any atom is -0.490 e. The first-order valence-electron chi connectivity index (χ1n) is 10.2. The molecular formula is C22H18F2N4O5S. The van der Waals surface area contributed by atoms with Crippen molar-refractivity contribution in [3.8, 4) is 17.2 Å². The van der Waals surface area contributed by atoms with E-state index in [0.29, 0.717) is 11.5 Å². The van der Waals surface area contributed by atoms with E-state index >= 15 is 0 Å². The second kappa shape index (κ2) is 8.22. The Morgan fingerprint density at radius 1 is 1.06 bits per heavy atom. The van der Waals surface area contributed by atoms with Gasteiger partial charge >= 0.3 is 6.03 Å². The summed E-state index contributed by atoms with van der Waals surface area (Å²) in [6, 6.07) is 9.75. The fourth-order valence-corrected chi connectivity index (χ4v) is 4.52. The largest absolute Gasteiger partial charge is 0.490 e. The summed E-state index contributed by atoms with van der Waals surface area (Å²) in [5, 5.41) is 10.4. The number of carbonyl (C=O) groups is 1. The number of halogens is 2. The van der Waals surface area contributed by atoms with Gasteiger partial charge in [0, 0.05) is 23.4 Å². The lowest BCUT2D eigenvalue weighted by Gasteiger charge is -2.16. The SMILES string of the molecule is NS(=O)(=O)c1ccc(Oc2ccc(NC(=O)N[C@@H]3[C@@H]4COc5c(F)ccc(F)c5[C@@H]43)nc2)cc1. The van der Waals surface area contributed by atoms with Gasteiger partial charge in [0.1, 0.15) is 23.1 Å². The molecule has 1 aliphatic carbocycles. The summed E-state index contributed by atoms with van der Waals surface area (Å²) < 4.78 is 61.7. The topological polar surface area (TPSA) is 133 Å². The zero-order valence-electron chi connectivity index (χ0n) is 17.4. The number of primary sulfonamides is 1. The van der Waals surface area contributed by atoms with Gasteiger partial charge in [0.15, 0.2) is 11.6 Å². The molecule has 0 bridgehead atoms. The number of anilines is 1. The summed E-state index contributed by atoms with van der Waals surface area (Å²) in [5.41, 5.74) is 0.151. The zero-order chi connectivity index (χ0) is 24.0. The molecule has 176 valence electrons. The predicted octanol–water partition coefficient (Wildman–Crippen LogP) is 3.10. The summed E-state index contributed by atoms with van der Waals surface area (Å²) in [4.78, 5) is 16.5. The molecule has 34 heavy (non-hydrogen) atoms. The van der Waals surface area contributed by atoms with E-state index in [-0.39, 0.29) is 46.5 Å². The van der Waals surface area contributed by atoms with Gasteiger partial charge in [-0.25, -0.2) is 32.1 Å². The fourth-order valence-electron chi connectivity index (χ4n) is 4.01. The van der Waals surface area contributed by atoms with Gasteiger partial charge in [0.25, 0.3) is 0 Å². The molecule has 2 amide bonds. The van der Waals surface area contributed by atoms with Crippen LogP contribution in [-0.2, 0) is 10.0 Å². The molecule has 3 atom stereocenters. The Morgan fingerprint density at radius 2 is 1.76 bits per heavy atom. The lowest BCUT2D eigenvalue weighted by molar-refractivity contribution is 0.247. The number of nitrogens with zero attached hydrogens (tertiary/aromatic N) is 1. The Kier molecular flexibility index (Phi) is 5.33. The van der Waals surface area contributed by atoms with Gasteiger partial charge in [-0.15, -0.1) is 0 Å². The van der Waals surface area contributed by atoms with Crippen LogP contribution in [0, 0.1) is 17.6 Å². The summed E-state index contributed by atoms with van der Waals surface area (Å²) in [6.45, 7) is 0.186.